The van der Waals surface area contributed by atoms with Gasteiger partial charge in [0.2, 0.25) is 0 Å². The van der Waals surface area contributed by atoms with Crippen molar-refractivity contribution in [2.24, 2.45) is 5.92 Å². The van der Waals surface area contributed by atoms with E-state index in [1.54, 1.807) is 0 Å². The van der Waals surface area contributed by atoms with E-state index in [9.17, 15) is 13.2 Å². The van der Waals surface area contributed by atoms with Crippen molar-refractivity contribution in [1.82, 2.24) is 0 Å². The Balaban J connectivity index is 1.95. The van der Waals surface area contributed by atoms with E-state index in [-0.39, 0.29) is 23.2 Å². The van der Waals surface area contributed by atoms with Gasteiger partial charge in [0, 0.05) is 12.3 Å². The molecule has 0 saturated heterocycles. The minimum absolute atomic E-state index is 0.0216. The van der Waals surface area contributed by atoms with Crippen LogP contribution in [0.4, 0.5) is 0 Å². The first-order valence-corrected chi connectivity index (χ1v) is 8.58. The van der Waals surface area contributed by atoms with Crippen LogP contribution in [0, 0.1) is 12.8 Å². The molecule has 104 valence electrons. The number of carbonyl (C=O) groups excluding carboxylic acids is 1. The summed E-state index contributed by atoms with van der Waals surface area (Å²) in [5.41, 5.74) is 1.86. The molecule has 1 aromatic carbocycles. The SMILES string of the molecule is Cc1ccccc1CS(=O)(=O)CCC1CCCC1=O. The molecule has 1 aliphatic carbocycles. The van der Waals surface area contributed by atoms with E-state index >= 15 is 0 Å². The lowest BCUT2D eigenvalue weighted by molar-refractivity contribution is -0.120. The first kappa shape index (κ1) is 14.3. The maximum Gasteiger partial charge on any atom is 0.154 e. The summed E-state index contributed by atoms with van der Waals surface area (Å²) in [4.78, 5) is 11.5. The molecular weight excluding hydrogens is 260 g/mol. The Labute approximate surface area is 114 Å². The molecule has 0 radical (unpaired) electrons. The Hall–Kier alpha value is -1.16. The van der Waals surface area contributed by atoms with Gasteiger partial charge < -0.3 is 0 Å². The molecule has 1 saturated carbocycles. The zero-order chi connectivity index (χ0) is 13.9. The molecule has 1 atom stereocenters. The normalized spacial score (nSPS) is 19.8. The number of Topliss-reactive ketones (excluding diaryl/α,β-unsaturated/α-hetero) is 1. The second kappa shape index (κ2) is 5.87. The van der Waals surface area contributed by atoms with Crippen molar-refractivity contribution in [3.8, 4) is 0 Å². The molecule has 3 nitrogen and oxygen atoms in total. The van der Waals surface area contributed by atoms with Gasteiger partial charge in [-0.05, 0) is 37.3 Å². The highest BCUT2D eigenvalue weighted by Crippen LogP contribution is 2.25. The van der Waals surface area contributed by atoms with E-state index in [0.717, 1.165) is 24.0 Å². The zero-order valence-electron chi connectivity index (χ0n) is 11.3. The highest BCUT2D eigenvalue weighted by atomic mass is 32.2. The number of carbonyl (C=O) groups is 1. The molecule has 1 aromatic rings. The summed E-state index contributed by atoms with van der Waals surface area (Å²) >= 11 is 0. The largest absolute Gasteiger partial charge is 0.299 e. The summed E-state index contributed by atoms with van der Waals surface area (Å²) < 4.78 is 24.2. The van der Waals surface area contributed by atoms with E-state index in [0.29, 0.717) is 12.8 Å². The van der Waals surface area contributed by atoms with Gasteiger partial charge in [0.25, 0.3) is 0 Å². The molecule has 19 heavy (non-hydrogen) atoms. The first-order valence-electron chi connectivity index (χ1n) is 6.75. The third kappa shape index (κ3) is 3.90. The van der Waals surface area contributed by atoms with Crippen LogP contribution in [0.15, 0.2) is 24.3 Å². The molecule has 0 bridgehead atoms. The molecule has 4 heteroatoms. The van der Waals surface area contributed by atoms with Gasteiger partial charge in [0.1, 0.15) is 5.78 Å². The van der Waals surface area contributed by atoms with Crippen molar-refractivity contribution in [3.63, 3.8) is 0 Å². The van der Waals surface area contributed by atoms with Gasteiger partial charge in [-0.15, -0.1) is 0 Å². The van der Waals surface area contributed by atoms with E-state index < -0.39 is 9.84 Å². The lowest BCUT2D eigenvalue weighted by Crippen LogP contribution is -2.16. The fourth-order valence-electron chi connectivity index (χ4n) is 2.60. The van der Waals surface area contributed by atoms with Crippen molar-refractivity contribution in [1.29, 1.82) is 0 Å². The lowest BCUT2D eigenvalue weighted by atomic mass is 10.1. The molecule has 0 aromatic heterocycles. The molecule has 2 rings (SSSR count). The van der Waals surface area contributed by atoms with Crippen LogP contribution >= 0.6 is 0 Å². The van der Waals surface area contributed by atoms with E-state index in [1.165, 1.54) is 0 Å². The highest BCUT2D eigenvalue weighted by molar-refractivity contribution is 7.90. The molecule has 1 unspecified atom stereocenters. The Morgan fingerprint density at radius 2 is 2.00 bits per heavy atom. The quantitative estimate of drug-likeness (QED) is 0.833. The van der Waals surface area contributed by atoms with Gasteiger partial charge in [-0.2, -0.15) is 0 Å². The number of ketones is 1. The average Bonchev–Trinajstić information content (AvgIpc) is 2.75. The summed E-state index contributed by atoms with van der Waals surface area (Å²) in [6.07, 6.45) is 2.90. The number of aryl methyl sites for hydroxylation is 1. The number of sulfone groups is 1. The summed E-state index contributed by atoms with van der Waals surface area (Å²) in [6, 6.07) is 7.54. The number of hydrogen-bond acceptors (Lipinski definition) is 3. The van der Waals surface area contributed by atoms with Gasteiger partial charge in [-0.1, -0.05) is 24.3 Å². The van der Waals surface area contributed by atoms with Crippen LogP contribution in [-0.4, -0.2) is 20.0 Å². The van der Waals surface area contributed by atoms with Crippen LogP contribution in [0.1, 0.15) is 36.8 Å². The second-order valence-electron chi connectivity index (χ2n) is 5.36. The molecule has 0 amide bonds. The summed E-state index contributed by atoms with van der Waals surface area (Å²) in [5, 5.41) is 0. The smallest absolute Gasteiger partial charge is 0.154 e. The minimum Gasteiger partial charge on any atom is -0.299 e. The maximum atomic E-state index is 12.1. The Morgan fingerprint density at radius 3 is 2.63 bits per heavy atom. The lowest BCUT2D eigenvalue weighted by Gasteiger charge is -2.10. The first-order chi connectivity index (χ1) is 8.98. The fraction of sp³-hybridized carbons (Fsp3) is 0.533. The molecule has 0 aliphatic heterocycles. The Bertz CT molecular complexity index is 561. The van der Waals surface area contributed by atoms with E-state index in [1.807, 2.05) is 31.2 Å². The predicted molar refractivity (Wildman–Crippen MR) is 75.6 cm³/mol. The van der Waals surface area contributed by atoms with Crippen LogP contribution in [0.2, 0.25) is 0 Å². The maximum absolute atomic E-state index is 12.1. The average molecular weight is 280 g/mol. The van der Waals surface area contributed by atoms with Crippen LogP contribution in [-0.2, 0) is 20.4 Å². The monoisotopic (exact) mass is 280 g/mol. The van der Waals surface area contributed by atoms with E-state index in [4.69, 9.17) is 0 Å². The molecule has 1 aliphatic rings. The molecule has 0 heterocycles. The second-order valence-corrected chi connectivity index (χ2v) is 7.55. The summed E-state index contributed by atoms with van der Waals surface area (Å²) in [6.45, 7) is 1.92. The number of rotatable bonds is 5. The van der Waals surface area contributed by atoms with Crippen molar-refractivity contribution >= 4 is 15.6 Å². The fourth-order valence-corrected chi connectivity index (χ4v) is 4.18. The molecule has 0 N–H and O–H groups in total. The van der Waals surface area contributed by atoms with Crippen molar-refractivity contribution in [3.05, 3.63) is 35.4 Å². The minimum atomic E-state index is -3.12. The van der Waals surface area contributed by atoms with Crippen LogP contribution in [0.3, 0.4) is 0 Å². The third-order valence-electron chi connectivity index (χ3n) is 3.85. The Morgan fingerprint density at radius 1 is 1.26 bits per heavy atom. The molecule has 1 fully saturated rings. The van der Waals surface area contributed by atoms with Crippen molar-refractivity contribution < 1.29 is 13.2 Å². The number of hydrogen-bond donors (Lipinski definition) is 0. The summed E-state index contributed by atoms with van der Waals surface area (Å²) in [7, 11) is -3.12. The summed E-state index contributed by atoms with van der Waals surface area (Å²) in [5.74, 6) is 0.427. The van der Waals surface area contributed by atoms with Gasteiger partial charge in [-0.25, -0.2) is 8.42 Å². The van der Waals surface area contributed by atoms with Crippen LogP contribution in [0.25, 0.3) is 0 Å². The van der Waals surface area contributed by atoms with Gasteiger partial charge >= 0.3 is 0 Å². The Kier molecular flexibility index (Phi) is 4.40. The van der Waals surface area contributed by atoms with Crippen molar-refractivity contribution in [2.45, 2.75) is 38.4 Å². The van der Waals surface area contributed by atoms with Gasteiger partial charge in [0.05, 0.1) is 11.5 Å². The van der Waals surface area contributed by atoms with Crippen LogP contribution < -0.4 is 0 Å². The highest BCUT2D eigenvalue weighted by Gasteiger charge is 2.26. The number of benzene rings is 1. The van der Waals surface area contributed by atoms with E-state index in [2.05, 4.69) is 0 Å². The molecule has 0 spiro atoms. The predicted octanol–water partition coefficient (Wildman–Crippen LogP) is 2.67. The van der Waals surface area contributed by atoms with Crippen molar-refractivity contribution in [2.75, 3.05) is 5.75 Å². The zero-order valence-corrected chi connectivity index (χ0v) is 12.1. The third-order valence-corrected chi connectivity index (χ3v) is 5.45. The van der Waals surface area contributed by atoms with Gasteiger partial charge in [0.15, 0.2) is 9.84 Å². The van der Waals surface area contributed by atoms with Gasteiger partial charge in [-0.3, -0.25) is 4.79 Å². The van der Waals surface area contributed by atoms with Crippen LogP contribution in [0.5, 0.6) is 0 Å². The molecular formula is C15H20O3S. The topological polar surface area (TPSA) is 51.2 Å². The standard InChI is InChI=1S/C15H20O3S/c1-12-5-2-3-6-14(12)11-19(17,18)10-9-13-7-4-8-15(13)16/h2-3,5-6,13H,4,7-11H2,1H3.